The number of rotatable bonds is 5. The van der Waals surface area contributed by atoms with Gasteiger partial charge in [-0.15, -0.1) is 11.3 Å². The van der Waals surface area contributed by atoms with Gasteiger partial charge >= 0.3 is 0 Å². The van der Waals surface area contributed by atoms with Crippen molar-refractivity contribution >= 4 is 37.3 Å². The van der Waals surface area contributed by atoms with Gasteiger partial charge in [0.25, 0.3) is 5.91 Å². The van der Waals surface area contributed by atoms with Crippen molar-refractivity contribution in [3.05, 3.63) is 16.3 Å². The van der Waals surface area contributed by atoms with Gasteiger partial charge in [0.1, 0.15) is 9.77 Å². The first-order valence-electron chi connectivity index (χ1n) is 9.03. The van der Waals surface area contributed by atoms with Gasteiger partial charge in [0.15, 0.2) is 0 Å². The summed E-state index contributed by atoms with van der Waals surface area (Å²) in [6.45, 7) is 1.61. The Hall–Kier alpha value is -1.01. The summed E-state index contributed by atoms with van der Waals surface area (Å²) in [7, 11) is -7.00. The molecule has 1 atom stereocenters. The molecule has 0 radical (unpaired) electrons. The van der Waals surface area contributed by atoms with Gasteiger partial charge in [-0.1, -0.05) is 6.42 Å². The number of amides is 1. The third-order valence-electron chi connectivity index (χ3n) is 4.96. The second kappa shape index (κ2) is 8.16. The topological polar surface area (TPSA) is 104 Å². The lowest BCUT2D eigenvalue weighted by atomic mass is 10.1. The zero-order valence-electron chi connectivity index (χ0n) is 15.3. The maximum absolute atomic E-state index is 12.9. The molecule has 1 aromatic heterocycles. The zero-order valence-corrected chi connectivity index (χ0v) is 17.7. The quantitative estimate of drug-likeness (QED) is 0.745. The molecule has 2 aliphatic heterocycles. The molecule has 11 heteroatoms. The van der Waals surface area contributed by atoms with Crippen LogP contribution in [0.4, 0.5) is 0 Å². The molecular weight excluding hydrogens is 410 g/mol. The van der Waals surface area contributed by atoms with Gasteiger partial charge in [-0.3, -0.25) is 4.79 Å². The van der Waals surface area contributed by atoms with Crippen LogP contribution in [-0.4, -0.2) is 69.8 Å². The molecule has 1 N–H and O–H groups in total. The van der Waals surface area contributed by atoms with Crippen LogP contribution in [0.5, 0.6) is 0 Å². The Labute approximate surface area is 164 Å². The summed E-state index contributed by atoms with van der Waals surface area (Å²) in [5.74, 6) is -0.457. The number of carbonyl (C=O) groups is 1. The van der Waals surface area contributed by atoms with E-state index in [4.69, 9.17) is 0 Å². The normalized spacial score (nSPS) is 23.2. The largest absolute Gasteiger partial charge is 0.347 e. The fourth-order valence-electron chi connectivity index (χ4n) is 3.52. The van der Waals surface area contributed by atoms with E-state index in [1.807, 2.05) is 0 Å². The number of nitrogens with one attached hydrogen (secondary N) is 1. The van der Waals surface area contributed by atoms with Crippen LogP contribution in [0.2, 0.25) is 0 Å². The number of carbonyl (C=O) groups excluding carboxylic acids is 1. The fourth-order valence-corrected chi connectivity index (χ4v) is 7.26. The van der Waals surface area contributed by atoms with Crippen molar-refractivity contribution < 1.29 is 21.6 Å². The average Bonchev–Trinajstić information content (AvgIpc) is 3.13. The van der Waals surface area contributed by atoms with Crippen LogP contribution < -0.4 is 5.32 Å². The number of sulfonamides is 2. The van der Waals surface area contributed by atoms with Gasteiger partial charge in [-0.25, -0.2) is 21.1 Å². The first-order valence-corrected chi connectivity index (χ1v) is 13.2. The Morgan fingerprint density at radius 1 is 1.07 bits per heavy atom. The molecule has 8 nitrogen and oxygen atoms in total. The molecule has 2 saturated heterocycles. The Bertz CT molecular complexity index is 888. The summed E-state index contributed by atoms with van der Waals surface area (Å²) in [5, 5.41) is 4.43. The van der Waals surface area contributed by atoms with Gasteiger partial charge in [-0.05, 0) is 37.1 Å². The summed E-state index contributed by atoms with van der Waals surface area (Å²) in [4.78, 5) is 12.9. The average molecular weight is 436 g/mol. The standard InChI is InChI=1S/C16H25N3O5S3/c1-26(21,22)19-10-5-6-13(12-19)17-16(20)15-14(7-11-25-15)27(23,24)18-8-3-2-4-9-18/h7,11,13H,2-6,8-10,12H2,1H3,(H,17,20). The molecular formula is C16H25N3O5S3. The maximum Gasteiger partial charge on any atom is 0.263 e. The van der Waals surface area contributed by atoms with E-state index in [2.05, 4.69) is 5.32 Å². The monoisotopic (exact) mass is 435 g/mol. The van der Waals surface area contributed by atoms with E-state index in [1.54, 1.807) is 5.38 Å². The minimum absolute atomic E-state index is 0.0441. The Morgan fingerprint density at radius 2 is 1.74 bits per heavy atom. The second-order valence-electron chi connectivity index (χ2n) is 7.01. The van der Waals surface area contributed by atoms with Gasteiger partial charge in [0.05, 0.1) is 6.26 Å². The molecule has 0 aromatic carbocycles. The van der Waals surface area contributed by atoms with E-state index >= 15 is 0 Å². The molecule has 152 valence electrons. The highest BCUT2D eigenvalue weighted by Crippen LogP contribution is 2.27. The predicted octanol–water partition coefficient (Wildman–Crippen LogP) is 1.08. The van der Waals surface area contributed by atoms with Gasteiger partial charge in [-0.2, -0.15) is 4.31 Å². The molecule has 0 spiro atoms. The molecule has 2 aliphatic rings. The van der Waals surface area contributed by atoms with Crippen molar-refractivity contribution in [1.82, 2.24) is 13.9 Å². The predicted molar refractivity (Wildman–Crippen MR) is 104 cm³/mol. The van der Waals surface area contributed by atoms with Crippen molar-refractivity contribution in [2.45, 2.75) is 43.0 Å². The molecule has 0 aliphatic carbocycles. The first kappa shape index (κ1) is 20.7. The third kappa shape index (κ3) is 4.70. The fraction of sp³-hybridized carbons (Fsp3) is 0.688. The van der Waals surface area contributed by atoms with Crippen LogP contribution in [0.25, 0.3) is 0 Å². The first-order chi connectivity index (χ1) is 12.7. The third-order valence-corrected chi connectivity index (χ3v) is 9.21. The molecule has 2 fully saturated rings. The molecule has 27 heavy (non-hydrogen) atoms. The van der Waals surface area contributed by atoms with Crippen molar-refractivity contribution in [1.29, 1.82) is 0 Å². The number of hydrogen-bond donors (Lipinski definition) is 1. The SMILES string of the molecule is CS(=O)(=O)N1CCCC(NC(=O)c2sccc2S(=O)(=O)N2CCCCC2)C1. The maximum atomic E-state index is 12.9. The summed E-state index contributed by atoms with van der Waals surface area (Å²) in [5.41, 5.74) is 0. The molecule has 0 saturated carbocycles. The molecule has 3 heterocycles. The lowest BCUT2D eigenvalue weighted by molar-refractivity contribution is 0.0922. The van der Waals surface area contributed by atoms with Crippen molar-refractivity contribution in [2.24, 2.45) is 0 Å². The van der Waals surface area contributed by atoms with E-state index in [0.29, 0.717) is 32.5 Å². The molecule has 1 aromatic rings. The van der Waals surface area contributed by atoms with E-state index in [9.17, 15) is 21.6 Å². The molecule has 1 amide bonds. The van der Waals surface area contributed by atoms with E-state index < -0.39 is 26.0 Å². The van der Waals surface area contributed by atoms with Crippen LogP contribution >= 0.6 is 11.3 Å². The van der Waals surface area contributed by atoms with Crippen molar-refractivity contribution in [3.8, 4) is 0 Å². The van der Waals surface area contributed by atoms with Gasteiger partial charge in [0, 0.05) is 32.2 Å². The molecule has 1 unspecified atom stereocenters. The minimum atomic E-state index is -3.69. The smallest absolute Gasteiger partial charge is 0.263 e. The lowest BCUT2D eigenvalue weighted by Gasteiger charge is -2.31. The number of nitrogens with zero attached hydrogens (tertiary/aromatic N) is 2. The van der Waals surface area contributed by atoms with Gasteiger partial charge < -0.3 is 5.32 Å². The van der Waals surface area contributed by atoms with Crippen LogP contribution in [0.15, 0.2) is 16.3 Å². The van der Waals surface area contributed by atoms with Crippen LogP contribution in [0.1, 0.15) is 41.8 Å². The summed E-state index contributed by atoms with van der Waals surface area (Å²) in [6, 6.07) is 1.15. The van der Waals surface area contributed by atoms with Gasteiger partial charge in [0.2, 0.25) is 20.0 Å². The van der Waals surface area contributed by atoms with Crippen LogP contribution in [0.3, 0.4) is 0 Å². The molecule has 3 rings (SSSR count). The Morgan fingerprint density at radius 3 is 2.41 bits per heavy atom. The van der Waals surface area contributed by atoms with E-state index in [0.717, 1.165) is 36.9 Å². The van der Waals surface area contributed by atoms with Crippen molar-refractivity contribution in [3.63, 3.8) is 0 Å². The second-order valence-corrected chi connectivity index (χ2v) is 11.8. The molecule has 0 bridgehead atoms. The summed E-state index contributed by atoms with van der Waals surface area (Å²) in [6.07, 6.45) is 5.14. The van der Waals surface area contributed by atoms with E-state index in [-0.39, 0.29) is 22.4 Å². The highest BCUT2D eigenvalue weighted by atomic mass is 32.2. The number of thiophene rings is 1. The Balaban J connectivity index is 1.74. The lowest BCUT2D eigenvalue weighted by Crippen LogP contribution is -2.49. The summed E-state index contributed by atoms with van der Waals surface area (Å²) >= 11 is 1.09. The number of piperidine rings is 2. The van der Waals surface area contributed by atoms with Crippen LogP contribution in [0, 0.1) is 0 Å². The highest BCUT2D eigenvalue weighted by molar-refractivity contribution is 7.89. The highest BCUT2D eigenvalue weighted by Gasteiger charge is 2.32. The zero-order chi connectivity index (χ0) is 19.7. The number of hydrogen-bond acceptors (Lipinski definition) is 6. The Kier molecular flexibility index (Phi) is 6.26. The minimum Gasteiger partial charge on any atom is -0.347 e. The van der Waals surface area contributed by atoms with Crippen molar-refractivity contribution in [2.75, 3.05) is 32.4 Å². The van der Waals surface area contributed by atoms with Crippen LogP contribution in [-0.2, 0) is 20.0 Å². The summed E-state index contributed by atoms with van der Waals surface area (Å²) < 4.78 is 52.1. The van der Waals surface area contributed by atoms with E-state index in [1.165, 1.54) is 14.7 Å².